The molecule has 2 aliphatic heterocycles. The molecule has 0 radical (unpaired) electrons. The maximum atomic E-state index is 12.5. The van der Waals surface area contributed by atoms with Gasteiger partial charge in [0, 0.05) is 11.6 Å². The fourth-order valence-corrected chi connectivity index (χ4v) is 7.65. The van der Waals surface area contributed by atoms with Gasteiger partial charge in [-0.3, -0.25) is 27.8 Å². The summed E-state index contributed by atoms with van der Waals surface area (Å²) in [5, 5.41) is 52.4. The first-order valence-electron chi connectivity index (χ1n) is 14.9. The van der Waals surface area contributed by atoms with Gasteiger partial charge in [0.2, 0.25) is 0 Å². The predicted octanol–water partition coefficient (Wildman–Crippen LogP) is -4.94. The predicted molar refractivity (Wildman–Crippen MR) is 165 cm³/mol. The fraction of sp³-hybridized carbons (Fsp3) is 0.500. The highest BCUT2D eigenvalue weighted by Crippen LogP contribution is 2.58. The molecule has 2 fully saturated rings. The van der Waals surface area contributed by atoms with Crippen LogP contribution in [0.1, 0.15) is 34.5 Å². The third-order valence-electron chi connectivity index (χ3n) is 7.89. The molecule has 5 rings (SSSR count). The second-order valence-electron chi connectivity index (χ2n) is 11.5. The normalized spacial score (nSPS) is 28.8. The van der Waals surface area contributed by atoms with E-state index < -0.39 is 121 Å². The molecule has 3 aromatic heterocycles. The van der Waals surface area contributed by atoms with E-state index in [9.17, 15) is 58.6 Å². The SMILES string of the molecule is NC(=O)c1c[n+]([C@@H]2O[C@H](COP(=O)([O-])OP(=O)(O)OC[C@H]3O[C@@H](n4cnc5c(N)ncnc54)[C@H](O)[C@@H]3O)[C@@H](O)[C@H]2O)ccc1[C@H](O)C(=O)COP(=O)(O)O. The van der Waals surface area contributed by atoms with Crippen molar-refractivity contribution in [3.05, 3.63) is 42.2 Å². The summed E-state index contributed by atoms with van der Waals surface area (Å²) in [5.74, 6) is -2.50. The van der Waals surface area contributed by atoms with Gasteiger partial charge in [0.15, 0.2) is 42.0 Å². The number of nitrogens with zero attached hydrogens (tertiary/aromatic N) is 5. The Morgan fingerprint density at radius 3 is 2.28 bits per heavy atom. The first-order chi connectivity index (χ1) is 25.1. The Kier molecular flexibility index (Phi) is 12.5. The van der Waals surface area contributed by atoms with E-state index in [4.69, 9.17) is 30.7 Å². The fourth-order valence-electron chi connectivity index (χ4n) is 5.30. The zero-order chi connectivity index (χ0) is 39.9. The molecule has 298 valence electrons. The number of amides is 1. The molecule has 5 heterocycles. The maximum absolute atomic E-state index is 12.5. The second-order valence-corrected chi connectivity index (χ2v) is 15.8. The number of phosphoric ester groups is 3. The van der Waals surface area contributed by atoms with Gasteiger partial charge >= 0.3 is 15.6 Å². The van der Waals surface area contributed by atoms with Crippen molar-refractivity contribution in [2.24, 2.45) is 5.73 Å². The molecular weight excluding hydrogens is 799 g/mol. The Morgan fingerprint density at radius 1 is 0.963 bits per heavy atom. The van der Waals surface area contributed by atoms with Crippen LogP contribution in [0.25, 0.3) is 11.2 Å². The summed E-state index contributed by atoms with van der Waals surface area (Å²) in [6.07, 6.45) is -11.3. The number of anilines is 1. The van der Waals surface area contributed by atoms with Crippen molar-refractivity contribution in [3.8, 4) is 0 Å². The van der Waals surface area contributed by atoms with Crippen molar-refractivity contribution in [3.63, 3.8) is 0 Å². The zero-order valence-electron chi connectivity index (χ0n) is 26.9. The van der Waals surface area contributed by atoms with Gasteiger partial charge in [-0.15, -0.1) is 0 Å². The van der Waals surface area contributed by atoms with Crippen LogP contribution < -0.4 is 20.9 Å². The summed E-state index contributed by atoms with van der Waals surface area (Å²) in [6.45, 7) is -3.38. The monoisotopic (exact) mass is 831 g/mol. The standard InChI is InChI=1S/C24H32N7O20P3/c25-20-14-22(28-7-27-20)31(8-29-14)24-19(37)17(35)13(50-24)6-48-54(44,45)51-53(42,43)47-5-12-16(34)18(36)23(49-12)30-2-1-9(10(3-30)21(26)38)15(33)11(32)4-46-52(39,40)41/h1-3,7-8,12-13,15-19,23-24,33-37H,4-6H2,(H7-,25,26,27,28,38,39,40,41,42,43,44,45)/t12-,13-,15+,16-,17-,18-,19-,23-,24-/m1/s1. The lowest BCUT2D eigenvalue weighted by Gasteiger charge is -2.26. The highest BCUT2D eigenvalue weighted by molar-refractivity contribution is 7.60. The zero-order valence-corrected chi connectivity index (χ0v) is 29.6. The molecule has 2 unspecified atom stereocenters. The summed E-state index contributed by atoms with van der Waals surface area (Å²) in [6, 6.07) is 0.951. The minimum atomic E-state index is -5.78. The van der Waals surface area contributed by atoms with E-state index in [1.165, 1.54) is 10.9 Å². The summed E-state index contributed by atoms with van der Waals surface area (Å²) in [4.78, 5) is 76.1. The minimum absolute atomic E-state index is 0.00802. The molecule has 0 spiro atoms. The number of ether oxygens (including phenoxy) is 2. The number of nitrogen functional groups attached to an aromatic ring is 1. The molecule has 0 aromatic carbocycles. The van der Waals surface area contributed by atoms with Crippen LogP contribution in [0.4, 0.5) is 5.82 Å². The van der Waals surface area contributed by atoms with E-state index >= 15 is 0 Å². The van der Waals surface area contributed by atoms with Crippen LogP contribution in [0, 0.1) is 0 Å². The molecule has 11 atom stereocenters. The van der Waals surface area contributed by atoms with Crippen LogP contribution in [0.3, 0.4) is 0 Å². The number of ketones is 1. The smallest absolute Gasteiger partial charge is 0.478 e. The van der Waals surface area contributed by atoms with Gasteiger partial charge in [0.1, 0.15) is 60.6 Å². The van der Waals surface area contributed by atoms with Gasteiger partial charge < -0.3 is 70.6 Å². The number of rotatable bonds is 16. The number of aliphatic hydroxyl groups is 5. The van der Waals surface area contributed by atoms with Crippen LogP contribution in [0.5, 0.6) is 0 Å². The summed E-state index contributed by atoms with van der Waals surface area (Å²) in [7, 11) is -16.4. The molecule has 0 saturated carbocycles. The van der Waals surface area contributed by atoms with Crippen LogP contribution in [0.2, 0.25) is 0 Å². The molecule has 12 N–H and O–H groups in total. The van der Waals surface area contributed by atoms with Gasteiger partial charge in [0.05, 0.1) is 19.5 Å². The first-order valence-corrected chi connectivity index (χ1v) is 19.4. The lowest BCUT2D eigenvalue weighted by Crippen LogP contribution is -2.47. The van der Waals surface area contributed by atoms with E-state index in [-0.39, 0.29) is 17.0 Å². The van der Waals surface area contributed by atoms with Crippen molar-refractivity contribution in [1.82, 2.24) is 19.5 Å². The van der Waals surface area contributed by atoms with Gasteiger partial charge in [-0.2, -0.15) is 4.57 Å². The number of primary amides is 1. The largest absolute Gasteiger partial charge is 0.756 e. The van der Waals surface area contributed by atoms with Crippen molar-refractivity contribution in [2.45, 2.75) is 55.2 Å². The van der Waals surface area contributed by atoms with Gasteiger partial charge in [-0.25, -0.2) is 28.4 Å². The lowest BCUT2D eigenvalue weighted by atomic mass is 10.0. The summed E-state index contributed by atoms with van der Waals surface area (Å²) < 4.78 is 66.3. The highest BCUT2D eigenvalue weighted by Gasteiger charge is 2.50. The molecule has 1 amide bonds. The molecule has 27 nitrogen and oxygen atoms in total. The lowest BCUT2D eigenvalue weighted by molar-refractivity contribution is -0.765. The van der Waals surface area contributed by atoms with Crippen molar-refractivity contribution >= 4 is 52.1 Å². The highest BCUT2D eigenvalue weighted by atomic mass is 31.3. The minimum Gasteiger partial charge on any atom is -0.756 e. The molecule has 0 bridgehead atoms. The average molecular weight is 831 g/mol. The Labute approximate surface area is 300 Å². The summed E-state index contributed by atoms with van der Waals surface area (Å²) >= 11 is 0. The van der Waals surface area contributed by atoms with Crippen molar-refractivity contribution < 1.29 is 100 Å². The molecule has 2 saturated heterocycles. The van der Waals surface area contributed by atoms with E-state index in [1.54, 1.807) is 0 Å². The number of carbonyl (C=O) groups is 2. The van der Waals surface area contributed by atoms with Gasteiger partial charge in [-0.1, -0.05) is 0 Å². The Balaban J connectivity index is 1.17. The number of imidazole rings is 1. The molecule has 2 aliphatic rings. The number of hydrogen-bond acceptors (Lipinski definition) is 21. The third kappa shape index (κ3) is 9.39. The number of phosphoric acid groups is 3. The van der Waals surface area contributed by atoms with Crippen molar-refractivity contribution in [1.29, 1.82) is 0 Å². The average Bonchev–Trinajstić information content (AvgIpc) is 3.74. The number of aromatic nitrogens is 5. The molecule has 30 heteroatoms. The number of fused-ring (bicyclic) bond motifs is 1. The molecule has 54 heavy (non-hydrogen) atoms. The first kappa shape index (κ1) is 41.9. The van der Waals surface area contributed by atoms with Crippen LogP contribution in [0.15, 0.2) is 31.1 Å². The van der Waals surface area contributed by atoms with Crippen LogP contribution in [-0.4, -0.2) is 128 Å². The number of nitrogens with two attached hydrogens (primary N) is 2. The van der Waals surface area contributed by atoms with Gasteiger partial charge in [0.25, 0.3) is 20.0 Å². The second kappa shape index (κ2) is 16.1. The molecule has 0 aliphatic carbocycles. The van der Waals surface area contributed by atoms with E-state index in [2.05, 4.69) is 32.8 Å². The number of pyridine rings is 1. The topological polar surface area (TPSA) is 425 Å². The van der Waals surface area contributed by atoms with Crippen molar-refractivity contribution in [2.75, 3.05) is 25.6 Å². The Morgan fingerprint density at radius 2 is 1.61 bits per heavy atom. The van der Waals surface area contributed by atoms with Gasteiger partial charge in [-0.05, 0) is 0 Å². The quantitative estimate of drug-likeness (QED) is 0.0477. The number of aliphatic hydroxyl groups excluding tert-OH is 5. The summed E-state index contributed by atoms with van der Waals surface area (Å²) in [5.41, 5.74) is 10.4. The Bertz CT molecular complexity index is 2030. The third-order valence-corrected chi connectivity index (χ3v) is 10.9. The number of Topliss-reactive ketones (excluding diaryl/α,β-unsaturated/α-hetero) is 1. The van der Waals surface area contributed by atoms with Crippen LogP contribution in [-0.2, 0) is 45.8 Å². The van der Waals surface area contributed by atoms with E-state index in [0.717, 1.165) is 29.4 Å². The van der Waals surface area contributed by atoms with E-state index in [1.807, 2.05) is 0 Å². The molecule has 3 aromatic rings. The molecular formula is C24H32N7O20P3. The van der Waals surface area contributed by atoms with Crippen LogP contribution >= 0.6 is 23.5 Å². The maximum Gasteiger partial charge on any atom is 0.478 e. The Hall–Kier alpha value is -3.27. The van der Waals surface area contributed by atoms with E-state index in [0.29, 0.717) is 0 Å². The number of hydrogen-bond donors (Lipinski definition) is 10. The number of carbonyl (C=O) groups excluding carboxylic acids is 2.